The lowest BCUT2D eigenvalue weighted by Gasteiger charge is -2.12. The molecule has 2 aromatic rings. The first kappa shape index (κ1) is 15.0. The fourth-order valence-corrected chi connectivity index (χ4v) is 2.79. The van der Waals surface area contributed by atoms with Gasteiger partial charge >= 0.3 is 0 Å². The van der Waals surface area contributed by atoms with Crippen LogP contribution in [0.3, 0.4) is 0 Å². The summed E-state index contributed by atoms with van der Waals surface area (Å²) >= 11 is 3.36. The zero-order valence-electron chi connectivity index (χ0n) is 12.1. The second-order valence-electron chi connectivity index (χ2n) is 5.37. The molecule has 1 fully saturated rings. The Hall–Kier alpha value is -1.95. The number of hydrogen-bond donors (Lipinski definition) is 2. The average Bonchev–Trinajstić information content (AvgIpc) is 3.03. The maximum absolute atomic E-state index is 12.1. The smallest absolute Gasteiger partial charge is 0.275 e. The van der Waals surface area contributed by atoms with Crippen LogP contribution in [0.1, 0.15) is 36.2 Å². The number of hydrogen-bond acceptors (Lipinski definition) is 4. The van der Waals surface area contributed by atoms with Gasteiger partial charge in [-0.15, -0.1) is 0 Å². The zero-order valence-corrected chi connectivity index (χ0v) is 13.6. The average molecular weight is 361 g/mol. The van der Waals surface area contributed by atoms with E-state index in [9.17, 15) is 4.79 Å². The van der Waals surface area contributed by atoms with Crippen molar-refractivity contribution in [3.8, 4) is 0 Å². The first-order chi connectivity index (χ1) is 10.7. The Morgan fingerprint density at radius 2 is 1.82 bits per heavy atom. The Morgan fingerprint density at radius 1 is 1.09 bits per heavy atom. The van der Waals surface area contributed by atoms with E-state index in [1.165, 1.54) is 31.9 Å². The minimum Gasteiger partial charge on any atom is -0.366 e. The van der Waals surface area contributed by atoms with E-state index in [0.717, 1.165) is 16.0 Å². The van der Waals surface area contributed by atoms with E-state index in [0.29, 0.717) is 11.7 Å². The molecule has 1 heterocycles. The van der Waals surface area contributed by atoms with Crippen LogP contribution in [0.25, 0.3) is 0 Å². The monoisotopic (exact) mass is 360 g/mol. The van der Waals surface area contributed by atoms with Gasteiger partial charge in [0.15, 0.2) is 0 Å². The summed E-state index contributed by atoms with van der Waals surface area (Å²) in [6, 6.07) is 7.87. The molecule has 1 saturated carbocycles. The Balaban J connectivity index is 1.61. The number of anilines is 2. The summed E-state index contributed by atoms with van der Waals surface area (Å²) in [7, 11) is 0. The number of carbonyl (C=O) groups excluding carboxylic acids is 1. The van der Waals surface area contributed by atoms with Crippen LogP contribution in [0.4, 0.5) is 11.5 Å². The third-order valence-electron chi connectivity index (χ3n) is 3.69. The van der Waals surface area contributed by atoms with Crippen molar-refractivity contribution in [1.29, 1.82) is 0 Å². The van der Waals surface area contributed by atoms with Gasteiger partial charge in [0.25, 0.3) is 5.91 Å². The standard InChI is InChI=1S/C16H17BrN4O/c17-11-5-7-13(8-6-11)21-16(22)14-9-19-15(10-18-14)20-12-3-1-2-4-12/h5-10,12H,1-4H2,(H,19,20)(H,21,22). The molecule has 114 valence electrons. The molecule has 0 bridgehead atoms. The molecule has 1 amide bonds. The van der Waals surface area contributed by atoms with E-state index in [4.69, 9.17) is 0 Å². The van der Waals surface area contributed by atoms with Crippen LogP contribution in [-0.4, -0.2) is 21.9 Å². The number of nitrogens with zero attached hydrogens (tertiary/aromatic N) is 2. The van der Waals surface area contributed by atoms with Crippen LogP contribution in [0.2, 0.25) is 0 Å². The van der Waals surface area contributed by atoms with Crippen molar-refractivity contribution in [2.45, 2.75) is 31.7 Å². The Bertz CT molecular complexity index is 636. The molecule has 0 aliphatic heterocycles. The Kier molecular flexibility index (Phi) is 4.68. The van der Waals surface area contributed by atoms with E-state index in [2.05, 4.69) is 36.5 Å². The molecule has 3 rings (SSSR count). The number of carbonyl (C=O) groups is 1. The van der Waals surface area contributed by atoms with Gasteiger partial charge in [-0.2, -0.15) is 0 Å². The molecule has 1 aliphatic rings. The molecule has 2 N–H and O–H groups in total. The summed E-state index contributed by atoms with van der Waals surface area (Å²) in [6.07, 6.45) is 8.00. The van der Waals surface area contributed by atoms with Gasteiger partial charge in [-0.05, 0) is 37.1 Å². The van der Waals surface area contributed by atoms with Gasteiger partial charge in [0.1, 0.15) is 11.5 Å². The molecule has 6 heteroatoms. The van der Waals surface area contributed by atoms with Crippen molar-refractivity contribution in [3.05, 3.63) is 46.8 Å². The number of amides is 1. The van der Waals surface area contributed by atoms with Crippen molar-refractivity contribution < 1.29 is 4.79 Å². The maximum atomic E-state index is 12.1. The summed E-state index contributed by atoms with van der Waals surface area (Å²) in [5.74, 6) is 0.467. The van der Waals surface area contributed by atoms with Crippen LogP contribution in [0.5, 0.6) is 0 Å². The molecule has 1 aromatic heterocycles. The SMILES string of the molecule is O=C(Nc1ccc(Br)cc1)c1cnc(NC2CCCC2)cn1. The van der Waals surface area contributed by atoms with Gasteiger partial charge in [0.2, 0.25) is 0 Å². The largest absolute Gasteiger partial charge is 0.366 e. The lowest BCUT2D eigenvalue weighted by molar-refractivity contribution is 0.102. The molecule has 1 aliphatic carbocycles. The van der Waals surface area contributed by atoms with Gasteiger partial charge < -0.3 is 10.6 Å². The number of rotatable bonds is 4. The van der Waals surface area contributed by atoms with Gasteiger partial charge in [0.05, 0.1) is 12.4 Å². The van der Waals surface area contributed by atoms with Crippen molar-refractivity contribution in [3.63, 3.8) is 0 Å². The van der Waals surface area contributed by atoms with Gasteiger partial charge in [-0.3, -0.25) is 4.79 Å². The molecule has 0 saturated heterocycles. The van der Waals surface area contributed by atoms with Crippen molar-refractivity contribution >= 4 is 33.3 Å². The molecule has 0 unspecified atom stereocenters. The number of aromatic nitrogens is 2. The number of halogens is 1. The first-order valence-corrected chi connectivity index (χ1v) is 8.15. The van der Waals surface area contributed by atoms with Crippen LogP contribution >= 0.6 is 15.9 Å². The van der Waals surface area contributed by atoms with Crippen LogP contribution in [0.15, 0.2) is 41.1 Å². The Morgan fingerprint density at radius 3 is 2.45 bits per heavy atom. The summed E-state index contributed by atoms with van der Waals surface area (Å²) in [5.41, 5.74) is 1.03. The molecular weight excluding hydrogens is 344 g/mol. The predicted octanol–water partition coefficient (Wildman–Crippen LogP) is 3.85. The van der Waals surface area contributed by atoms with Gasteiger partial charge in [0, 0.05) is 16.2 Å². The minimum atomic E-state index is -0.262. The van der Waals surface area contributed by atoms with E-state index < -0.39 is 0 Å². The highest BCUT2D eigenvalue weighted by Gasteiger charge is 2.15. The third-order valence-corrected chi connectivity index (χ3v) is 4.22. The summed E-state index contributed by atoms with van der Waals surface area (Å²) in [5, 5.41) is 6.15. The lowest BCUT2D eigenvalue weighted by atomic mass is 10.2. The summed E-state index contributed by atoms with van der Waals surface area (Å²) in [4.78, 5) is 20.6. The first-order valence-electron chi connectivity index (χ1n) is 7.36. The Labute approximate surface area is 137 Å². The second-order valence-corrected chi connectivity index (χ2v) is 6.29. The second kappa shape index (κ2) is 6.87. The molecule has 5 nitrogen and oxygen atoms in total. The fraction of sp³-hybridized carbons (Fsp3) is 0.312. The van der Waals surface area contributed by atoms with Gasteiger partial charge in [-0.25, -0.2) is 9.97 Å². The number of benzene rings is 1. The topological polar surface area (TPSA) is 66.9 Å². The fourth-order valence-electron chi connectivity index (χ4n) is 2.53. The predicted molar refractivity (Wildman–Crippen MR) is 90.0 cm³/mol. The molecular formula is C16H17BrN4O. The van der Waals surface area contributed by atoms with E-state index >= 15 is 0 Å². The van der Waals surface area contributed by atoms with E-state index in [1.54, 1.807) is 6.20 Å². The molecule has 0 radical (unpaired) electrons. The van der Waals surface area contributed by atoms with Crippen molar-refractivity contribution in [2.24, 2.45) is 0 Å². The van der Waals surface area contributed by atoms with Gasteiger partial charge in [-0.1, -0.05) is 28.8 Å². The highest BCUT2D eigenvalue weighted by atomic mass is 79.9. The highest BCUT2D eigenvalue weighted by molar-refractivity contribution is 9.10. The quantitative estimate of drug-likeness (QED) is 0.868. The van der Waals surface area contributed by atoms with Crippen molar-refractivity contribution in [1.82, 2.24) is 9.97 Å². The molecule has 0 atom stereocenters. The van der Waals surface area contributed by atoms with Crippen molar-refractivity contribution in [2.75, 3.05) is 10.6 Å². The van der Waals surface area contributed by atoms with Crippen LogP contribution < -0.4 is 10.6 Å². The zero-order chi connectivity index (χ0) is 15.4. The lowest BCUT2D eigenvalue weighted by Crippen LogP contribution is -2.17. The molecule has 1 aromatic carbocycles. The highest BCUT2D eigenvalue weighted by Crippen LogP contribution is 2.21. The summed E-state index contributed by atoms with van der Waals surface area (Å²) < 4.78 is 0.965. The molecule has 0 spiro atoms. The summed E-state index contributed by atoms with van der Waals surface area (Å²) in [6.45, 7) is 0. The minimum absolute atomic E-state index is 0.262. The maximum Gasteiger partial charge on any atom is 0.275 e. The third kappa shape index (κ3) is 3.82. The van der Waals surface area contributed by atoms with E-state index in [-0.39, 0.29) is 5.91 Å². The van der Waals surface area contributed by atoms with Crippen LogP contribution in [-0.2, 0) is 0 Å². The number of nitrogens with one attached hydrogen (secondary N) is 2. The molecule has 22 heavy (non-hydrogen) atoms. The van der Waals surface area contributed by atoms with E-state index in [1.807, 2.05) is 24.3 Å². The normalized spacial score (nSPS) is 14.8. The van der Waals surface area contributed by atoms with Crippen LogP contribution in [0, 0.1) is 0 Å².